The van der Waals surface area contributed by atoms with E-state index in [2.05, 4.69) is 27.5 Å². The lowest BCUT2D eigenvalue weighted by atomic mass is 9.93. The summed E-state index contributed by atoms with van der Waals surface area (Å²) in [6, 6.07) is 6.41. The van der Waals surface area contributed by atoms with Gasteiger partial charge in [0.2, 0.25) is 11.8 Å². The first-order valence-corrected chi connectivity index (χ1v) is 11.0. The minimum atomic E-state index is 0.306. The molecule has 0 unspecified atom stereocenters. The topological polar surface area (TPSA) is 87.2 Å². The van der Waals surface area contributed by atoms with Crippen LogP contribution in [0.5, 0.6) is 5.88 Å². The van der Waals surface area contributed by atoms with Gasteiger partial charge in [-0.2, -0.15) is 4.98 Å². The normalized spacial score (nSPS) is 18.9. The summed E-state index contributed by atoms with van der Waals surface area (Å²) in [5, 5.41) is 8.19. The Labute approximate surface area is 186 Å². The number of aromatic nitrogens is 5. The van der Waals surface area contributed by atoms with Crippen molar-refractivity contribution in [2.24, 2.45) is 0 Å². The number of pyridine rings is 1. The highest BCUT2D eigenvalue weighted by atomic mass is 16.5. The Bertz CT molecular complexity index is 1200. The summed E-state index contributed by atoms with van der Waals surface area (Å²) in [5.74, 6) is 1.12. The van der Waals surface area contributed by atoms with Crippen LogP contribution < -0.4 is 10.1 Å². The summed E-state index contributed by atoms with van der Waals surface area (Å²) >= 11 is 0. The molecule has 4 heterocycles. The zero-order chi connectivity index (χ0) is 21.9. The fourth-order valence-corrected chi connectivity index (χ4v) is 4.36. The Morgan fingerprint density at radius 2 is 1.94 bits per heavy atom. The number of anilines is 1. The number of imidazole rings is 1. The fourth-order valence-electron chi connectivity index (χ4n) is 4.36. The summed E-state index contributed by atoms with van der Waals surface area (Å²) in [6.07, 6.45) is 12.1. The maximum atomic E-state index is 5.87. The molecular weight excluding hydrogens is 408 g/mol. The van der Waals surface area contributed by atoms with Gasteiger partial charge < -0.3 is 23.9 Å². The second-order valence-corrected chi connectivity index (χ2v) is 8.06. The molecule has 1 N–H and O–H groups in total. The second kappa shape index (κ2) is 9.13. The molecule has 4 aromatic rings. The van der Waals surface area contributed by atoms with Gasteiger partial charge in [0.1, 0.15) is 11.2 Å². The van der Waals surface area contributed by atoms with Crippen molar-refractivity contribution in [1.29, 1.82) is 0 Å². The lowest BCUT2D eigenvalue weighted by Gasteiger charge is -2.29. The molecule has 0 radical (unpaired) electrons. The van der Waals surface area contributed by atoms with Crippen LogP contribution in [0.25, 0.3) is 22.3 Å². The van der Waals surface area contributed by atoms with Gasteiger partial charge >= 0.3 is 0 Å². The molecule has 1 fully saturated rings. The highest BCUT2D eigenvalue weighted by molar-refractivity contribution is 5.84. The molecule has 0 aromatic carbocycles. The van der Waals surface area contributed by atoms with E-state index in [-0.39, 0.29) is 0 Å². The van der Waals surface area contributed by atoms with Crippen molar-refractivity contribution in [3.63, 3.8) is 0 Å². The number of ether oxygens (including phenoxy) is 3. The minimum absolute atomic E-state index is 0.306. The zero-order valence-electron chi connectivity index (χ0n) is 18.4. The Morgan fingerprint density at radius 3 is 2.75 bits per heavy atom. The van der Waals surface area contributed by atoms with Gasteiger partial charge in [-0.25, -0.2) is 9.50 Å². The van der Waals surface area contributed by atoms with Crippen molar-refractivity contribution in [3.05, 3.63) is 43.0 Å². The molecule has 1 aliphatic carbocycles. The number of nitrogens with zero attached hydrogens (tertiary/aromatic N) is 5. The molecule has 5 rings (SSSR count). The molecule has 32 heavy (non-hydrogen) atoms. The van der Waals surface area contributed by atoms with Gasteiger partial charge in [0.25, 0.3) is 0 Å². The van der Waals surface area contributed by atoms with Crippen molar-refractivity contribution in [3.8, 4) is 17.0 Å². The van der Waals surface area contributed by atoms with E-state index < -0.39 is 0 Å². The molecule has 0 bridgehead atoms. The number of hydrogen-bond acceptors (Lipinski definition) is 7. The molecule has 4 aromatic heterocycles. The summed E-state index contributed by atoms with van der Waals surface area (Å²) in [6.45, 7) is 1.29. The van der Waals surface area contributed by atoms with Gasteiger partial charge in [-0.15, -0.1) is 5.10 Å². The van der Waals surface area contributed by atoms with Crippen molar-refractivity contribution < 1.29 is 14.2 Å². The van der Waals surface area contributed by atoms with E-state index in [1.54, 1.807) is 20.4 Å². The summed E-state index contributed by atoms with van der Waals surface area (Å²) in [4.78, 5) is 8.99. The van der Waals surface area contributed by atoms with Crippen LogP contribution in [-0.4, -0.2) is 63.6 Å². The van der Waals surface area contributed by atoms with Crippen LogP contribution in [0.3, 0.4) is 0 Å². The van der Waals surface area contributed by atoms with E-state index in [0.717, 1.165) is 48.0 Å². The van der Waals surface area contributed by atoms with E-state index in [0.29, 0.717) is 37.2 Å². The van der Waals surface area contributed by atoms with E-state index in [1.807, 2.05) is 33.4 Å². The van der Waals surface area contributed by atoms with Crippen LogP contribution in [0.2, 0.25) is 0 Å². The van der Waals surface area contributed by atoms with Crippen LogP contribution in [0.15, 0.2) is 43.0 Å². The van der Waals surface area contributed by atoms with Crippen LogP contribution in [0.4, 0.5) is 5.95 Å². The van der Waals surface area contributed by atoms with E-state index in [9.17, 15) is 0 Å². The van der Waals surface area contributed by atoms with E-state index in [1.165, 1.54) is 0 Å². The number of rotatable bonds is 8. The second-order valence-electron chi connectivity index (χ2n) is 8.06. The molecule has 168 valence electrons. The zero-order valence-corrected chi connectivity index (χ0v) is 18.4. The highest BCUT2D eigenvalue weighted by Gasteiger charge is 2.23. The van der Waals surface area contributed by atoms with E-state index >= 15 is 0 Å². The predicted octanol–water partition coefficient (Wildman–Crippen LogP) is 3.44. The van der Waals surface area contributed by atoms with Gasteiger partial charge in [0, 0.05) is 49.1 Å². The monoisotopic (exact) mass is 436 g/mol. The van der Waals surface area contributed by atoms with Crippen LogP contribution in [0, 0.1) is 0 Å². The molecule has 9 nitrogen and oxygen atoms in total. The third kappa shape index (κ3) is 4.13. The van der Waals surface area contributed by atoms with Gasteiger partial charge in [-0.3, -0.25) is 0 Å². The maximum absolute atomic E-state index is 5.87. The molecule has 0 aliphatic heterocycles. The van der Waals surface area contributed by atoms with Crippen LogP contribution >= 0.6 is 0 Å². The Hall–Kier alpha value is -3.17. The molecule has 0 saturated heterocycles. The number of hydrogen-bond donors (Lipinski definition) is 1. The largest absolute Gasteiger partial charge is 0.479 e. The standard InChI is InChI=1S/C23H28N6O3/c1-30-13-14-32-18-6-4-17(5-7-18)25-23-26-22(31-2)21-19(9-11-29(21)27-23)16-3-8-20-24-10-12-28(20)15-16/h3,8-12,15,17-18H,4-7,13-14H2,1-2H3,(H,25,27)/t17-,18+. The number of methoxy groups -OCH3 is 2. The molecule has 9 heteroatoms. The quantitative estimate of drug-likeness (QED) is 0.423. The summed E-state index contributed by atoms with van der Waals surface area (Å²) in [7, 11) is 3.34. The third-order valence-electron chi connectivity index (χ3n) is 6.02. The van der Waals surface area contributed by atoms with Crippen molar-refractivity contribution in [2.45, 2.75) is 37.8 Å². The predicted molar refractivity (Wildman–Crippen MR) is 121 cm³/mol. The minimum Gasteiger partial charge on any atom is -0.479 e. The lowest BCUT2D eigenvalue weighted by Crippen LogP contribution is -2.31. The molecule has 1 aliphatic rings. The molecule has 0 atom stereocenters. The Balaban J connectivity index is 1.34. The molecule has 1 saturated carbocycles. The number of nitrogens with one attached hydrogen (secondary N) is 1. The fraction of sp³-hybridized carbons (Fsp3) is 0.435. The van der Waals surface area contributed by atoms with E-state index in [4.69, 9.17) is 19.3 Å². The smallest absolute Gasteiger partial charge is 0.244 e. The van der Waals surface area contributed by atoms with Gasteiger partial charge in [-0.05, 0) is 43.9 Å². The molecule has 0 spiro atoms. The summed E-state index contributed by atoms with van der Waals surface area (Å²) in [5.41, 5.74) is 3.81. The Kier molecular flexibility index (Phi) is 5.91. The average molecular weight is 437 g/mol. The lowest BCUT2D eigenvalue weighted by molar-refractivity contribution is -0.00158. The first kappa shape index (κ1) is 20.7. The number of fused-ring (bicyclic) bond motifs is 2. The van der Waals surface area contributed by atoms with Gasteiger partial charge in [0.05, 0.1) is 26.4 Å². The SMILES string of the molecule is COCCO[C@H]1CC[C@@H](Nc2nc(OC)c3c(-c4ccc5nccn5c4)ccn3n2)CC1. The summed E-state index contributed by atoms with van der Waals surface area (Å²) < 4.78 is 20.4. The first-order valence-electron chi connectivity index (χ1n) is 11.0. The van der Waals surface area contributed by atoms with Crippen LogP contribution in [-0.2, 0) is 9.47 Å². The third-order valence-corrected chi connectivity index (χ3v) is 6.02. The Morgan fingerprint density at radius 1 is 1.06 bits per heavy atom. The van der Waals surface area contributed by atoms with Crippen molar-refractivity contribution in [1.82, 2.24) is 24.0 Å². The highest BCUT2D eigenvalue weighted by Crippen LogP contribution is 2.32. The van der Waals surface area contributed by atoms with Crippen molar-refractivity contribution >= 4 is 17.1 Å². The van der Waals surface area contributed by atoms with Crippen LogP contribution in [0.1, 0.15) is 25.7 Å². The van der Waals surface area contributed by atoms with Crippen molar-refractivity contribution in [2.75, 3.05) is 32.8 Å². The van der Waals surface area contributed by atoms with Gasteiger partial charge in [0.15, 0.2) is 0 Å². The first-order chi connectivity index (χ1) is 15.7. The average Bonchev–Trinajstić information content (AvgIpc) is 3.46. The van der Waals surface area contributed by atoms with Gasteiger partial charge in [-0.1, -0.05) is 0 Å². The molecular formula is C23H28N6O3. The maximum Gasteiger partial charge on any atom is 0.244 e. The molecule has 0 amide bonds.